The summed E-state index contributed by atoms with van der Waals surface area (Å²) in [6.45, 7) is 1.09. The van der Waals surface area contributed by atoms with Crippen LogP contribution in [0.25, 0.3) is 10.2 Å². The van der Waals surface area contributed by atoms with Gasteiger partial charge in [0.05, 0.1) is 11.7 Å². The van der Waals surface area contributed by atoms with Gasteiger partial charge in [0.2, 0.25) is 5.91 Å². The first kappa shape index (κ1) is 13.2. The number of aryl methyl sites for hydroxylation is 1. The second kappa shape index (κ2) is 5.19. The number of amides is 1. The lowest BCUT2D eigenvalue weighted by Gasteiger charge is -2.05. The molecule has 0 aliphatic rings. The van der Waals surface area contributed by atoms with Gasteiger partial charge in [-0.15, -0.1) is 11.3 Å². The van der Waals surface area contributed by atoms with Crippen LogP contribution >= 0.6 is 11.3 Å². The Bertz CT molecular complexity index is 704. The molecule has 0 atom stereocenters. The van der Waals surface area contributed by atoms with Gasteiger partial charge < -0.3 is 10.4 Å². The maximum atomic E-state index is 12.1. The highest BCUT2D eigenvalue weighted by Gasteiger charge is 2.11. The first-order chi connectivity index (χ1) is 8.99. The smallest absolute Gasteiger partial charge is 0.322 e. The van der Waals surface area contributed by atoms with Crippen molar-refractivity contribution in [3.63, 3.8) is 0 Å². The predicted octanol–water partition coefficient (Wildman–Crippen LogP) is -0.0328. The van der Waals surface area contributed by atoms with Crippen molar-refractivity contribution in [1.82, 2.24) is 14.9 Å². The summed E-state index contributed by atoms with van der Waals surface area (Å²) < 4.78 is 1.17. The molecule has 0 bridgehead atoms. The summed E-state index contributed by atoms with van der Waals surface area (Å²) in [6, 6.07) is 0. The van der Waals surface area contributed by atoms with Gasteiger partial charge in [0.25, 0.3) is 5.56 Å². The molecule has 2 heterocycles. The lowest BCUT2D eigenvalue weighted by Crippen LogP contribution is -2.35. The largest absolute Gasteiger partial charge is 0.480 e. The van der Waals surface area contributed by atoms with Crippen molar-refractivity contribution in [2.45, 2.75) is 13.5 Å². The summed E-state index contributed by atoms with van der Waals surface area (Å²) >= 11 is 1.37. The molecule has 8 heteroatoms. The van der Waals surface area contributed by atoms with E-state index >= 15 is 0 Å². The molecule has 2 N–H and O–H groups in total. The molecule has 2 aromatic heterocycles. The average molecular weight is 281 g/mol. The molecule has 0 fully saturated rings. The van der Waals surface area contributed by atoms with E-state index in [-0.39, 0.29) is 12.1 Å². The van der Waals surface area contributed by atoms with E-state index in [0.717, 1.165) is 5.56 Å². The fraction of sp³-hybridized carbons (Fsp3) is 0.273. The number of carboxylic acid groups (broad SMARTS) is 1. The van der Waals surface area contributed by atoms with Crippen LogP contribution in [0.1, 0.15) is 5.56 Å². The Hall–Kier alpha value is -2.22. The molecule has 0 aliphatic carbocycles. The fourth-order valence-electron chi connectivity index (χ4n) is 1.60. The number of nitrogens with one attached hydrogen (secondary N) is 1. The highest BCUT2D eigenvalue weighted by atomic mass is 32.1. The molecule has 1 amide bonds. The summed E-state index contributed by atoms with van der Waals surface area (Å²) in [5.41, 5.74) is 0.520. The Balaban J connectivity index is 2.24. The van der Waals surface area contributed by atoms with Crippen LogP contribution in [-0.4, -0.2) is 33.1 Å². The Labute approximate surface area is 111 Å². The van der Waals surface area contributed by atoms with Crippen molar-refractivity contribution in [2.75, 3.05) is 6.54 Å². The SMILES string of the molecule is Cc1csc2ncn(CC(=O)NCC(=O)O)c(=O)c12. The van der Waals surface area contributed by atoms with E-state index in [1.165, 1.54) is 22.2 Å². The maximum Gasteiger partial charge on any atom is 0.322 e. The molecule has 0 unspecified atom stereocenters. The summed E-state index contributed by atoms with van der Waals surface area (Å²) in [6.07, 6.45) is 1.29. The Morgan fingerprint density at radius 3 is 2.95 bits per heavy atom. The van der Waals surface area contributed by atoms with Gasteiger partial charge in [-0.25, -0.2) is 4.98 Å². The van der Waals surface area contributed by atoms with Gasteiger partial charge in [0.15, 0.2) is 0 Å². The van der Waals surface area contributed by atoms with Crippen molar-refractivity contribution in [3.05, 3.63) is 27.6 Å². The number of carboxylic acids is 1. The molecule has 100 valence electrons. The van der Waals surface area contributed by atoms with E-state index in [9.17, 15) is 14.4 Å². The van der Waals surface area contributed by atoms with E-state index in [2.05, 4.69) is 10.3 Å². The molecule has 19 heavy (non-hydrogen) atoms. The number of carbonyl (C=O) groups is 2. The Kier molecular flexibility index (Phi) is 3.61. The number of hydrogen-bond acceptors (Lipinski definition) is 5. The number of hydrogen-bond donors (Lipinski definition) is 2. The second-order valence-electron chi connectivity index (χ2n) is 3.95. The third-order valence-corrected chi connectivity index (χ3v) is 3.50. The van der Waals surface area contributed by atoms with Gasteiger partial charge in [-0.05, 0) is 17.9 Å². The molecule has 0 aromatic carbocycles. The van der Waals surface area contributed by atoms with Crippen LogP contribution in [0.5, 0.6) is 0 Å². The van der Waals surface area contributed by atoms with Crippen LogP contribution in [0.15, 0.2) is 16.5 Å². The molecule has 0 saturated heterocycles. The van der Waals surface area contributed by atoms with Crippen molar-refractivity contribution in [2.24, 2.45) is 0 Å². The van der Waals surface area contributed by atoms with Crippen LogP contribution < -0.4 is 10.9 Å². The normalized spacial score (nSPS) is 10.6. The zero-order valence-corrected chi connectivity index (χ0v) is 10.9. The fourth-order valence-corrected chi connectivity index (χ4v) is 2.48. The van der Waals surface area contributed by atoms with E-state index in [1.807, 2.05) is 5.38 Å². The maximum absolute atomic E-state index is 12.1. The molecule has 0 aliphatic heterocycles. The van der Waals surface area contributed by atoms with Gasteiger partial charge in [-0.1, -0.05) is 0 Å². The molecule has 0 spiro atoms. The molecular weight excluding hydrogens is 270 g/mol. The minimum absolute atomic E-state index is 0.246. The van der Waals surface area contributed by atoms with Crippen molar-refractivity contribution >= 4 is 33.4 Å². The van der Waals surface area contributed by atoms with Crippen LogP contribution in [0.2, 0.25) is 0 Å². The second-order valence-corrected chi connectivity index (χ2v) is 4.81. The highest BCUT2D eigenvalue weighted by Crippen LogP contribution is 2.19. The number of carbonyl (C=O) groups excluding carboxylic acids is 1. The summed E-state index contributed by atoms with van der Waals surface area (Å²) in [4.78, 5) is 38.6. The lowest BCUT2D eigenvalue weighted by molar-refractivity contribution is -0.138. The van der Waals surface area contributed by atoms with E-state index in [0.29, 0.717) is 10.2 Å². The van der Waals surface area contributed by atoms with Gasteiger partial charge in [0.1, 0.15) is 17.9 Å². The standard InChI is InChI=1S/C11H11N3O4S/c1-6-4-19-10-9(6)11(18)14(5-13-10)3-7(15)12-2-8(16)17/h4-5H,2-3H2,1H3,(H,12,15)(H,16,17). The first-order valence-electron chi connectivity index (χ1n) is 5.40. The quantitative estimate of drug-likeness (QED) is 0.819. The van der Waals surface area contributed by atoms with Gasteiger partial charge in [-0.3, -0.25) is 19.0 Å². The molecule has 7 nitrogen and oxygen atoms in total. The number of nitrogens with zero attached hydrogens (tertiary/aromatic N) is 2. The summed E-state index contributed by atoms with van der Waals surface area (Å²) in [5.74, 6) is -1.68. The van der Waals surface area contributed by atoms with E-state index in [1.54, 1.807) is 6.92 Å². The minimum atomic E-state index is -1.14. The number of rotatable bonds is 4. The number of aromatic nitrogens is 2. The van der Waals surface area contributed by atoms with Gasteiger partial charge >= 0.3 is 5.97 Å². The monoisotopic (exact) mass is 281 g/mol. The van der Waals surface area contributed by atoms with Crippen molar-refractivity contribution in [3.8, 4) is 0 Å². The third kappa shape index (κ3) is 2.79. The molecule has 2 aromatic rings. The van der Waals surface area contributed by atoms with Gasteiger partial charge in [0, 0.05) is 0 Å². The zero-order valence-electron chi connectivity index (χ0n) is 10.0. The van der Waals surface area contributed by atoms with Crippen molar-refractivity contribution in [1.29, 1.82) is 0 Å². The van der Waals surface area contributed by atoms with Gasteiger partial charge in [-0.2, -0.15) is 0 Å². The Morgan fingerprint density at radius 2 is 2.26 bits per heavy atom. The van der Waals surface area contributed by atoms with Crippen LogP contribution in [-0.2, 0) is 16.1 Å². The molecule has 0 saturated carbocycles. The summed E-state index contributed by atoms with van der Waals surface area (Å²) in [7, 11) is 0. The molecule has 0 radical (unpaired) electrons. The topological polar surface area (TPSA) is 101 Å². The van der Waals surface area contributed by atoms with E-state index in [4.69, 9.17) is 5.11 Å². The predicted molar refractivity (Wildman–Crippen MR) is 69.3 cm³/mol. The number of thiophene rings is 1. The number of fused-ring (bicyclic) bond motifs is 1. The zero-order chi connectivity index (χ0) is 14.0. The summed E-state index contributed by atoms with van der Waals surface area (Å²) in [5, 5.41) is 13.0. The molecular formula is C11H11N3O4S. The lowest BCUT2D eigenvalue weighted by atomic mass is 10.3. The van der Waals surface area contributed by atoms with E-state index < -0.39 is 18.4 Å². The minimum Gasteiger partial charge on any atom is -0.480 e. The first-order valence-corrected chi connectivity index (χ1v) is 6.28. The average Bonchev–Trinajstić information content (AvgIpc) is 2.73. The van der Waals surface area contributed by atoms with Crippen LogP contribution in [0.4, 0.5) is 0 Å². The Morgan fingerprint density at radius 1 is 1.53 bits per heavy atom. The highest BCUT2D eigenvalue weighted by molar-refractivity contribution is 7.16. The number of aliphatic carboxylic acids is 1. The third-order valence-electron chi connectivity index (χ3n) is 2.50. The molecule has 2 rings (SSSR count). The van der Waals surface area contributed by atoms with Crippen LogP contribution in [0.3, 0.4) is 0 Å². The van der Waals surface area contributed by atoms with Crippen molar-refractivity contribution < 1.29 is 14.7 Å². The van der Waals surface area contributed by atoms with Crippen LogP contribution in [0, 0.1) is 6.92 Å².